The fourth-order valence-electron chi connectivity index (χ4n) is 3.13. The van der Waals surface area contributed by atoms with Gasteiger partial charge in [-0.2, -0.15) is 4.31 Å². The molecule has 0 spiro atoms. The molecule has 1 atom stereocenters. The third-order valence-electron chi connectivity index (χ3n) is 4.84. The van der Waals surface area contributed by atoms with Crippen molar-refractivity contribution in [3.63, 3.8) is 0 Å². The number of hydrogen-bond acceptors (Lipinski definition) is 4. The second-order valence-corrected chi connectivity index (χ2v) is 8.76. The number of rotatable bonds is 10. The van der Waals surface area contributed by atoms with Crippen molar-refractivity contribution >= 4 is 15.9 Å². The van der Waals surface area contributed by atoms with Crippen LogP contribution in [0.5, 0.6) is 5.75 Å². The highest BCUT2D eigenvalue weighted by Gasteiger charge is 2.27. The molecule has 0 aliphatic carbocycles. The van der Waals surface area contributed by atoms with Gasteiger partial charge in [-0.05, 0) is 43.5 Å². The molecule has 0 aromatic heterocycles. The number of methoxy groups -OCH3 is 1. The van der Waals surface area contributed by atoms with Crippen LogP contribution >= 0.6 is 0 Å². The van der Waals surface area contributed by atoms with Crippen molar-refractivity contribution in [2.75, 3.05) is 20.2 Å². The molecule has 1 amide bonds. The Bertz CT molecular complexity index is 910. The van der Waals surface area contributed by atoms with E-state index >= 15 is 0 Å². The van der Waals surface area contributed by atoms with Gasteiger partial charge in [0.25, 0.3) is 5.91 Å². The van der Waals surface area contributed by atoms with E-state index in [0.29, 0.717) is 18.7 Å². The molecule has 158 valence electrons. The van der Waals surface area contributed by atoms with Crippen LogP contribution in [0.4, 0.5) is 0 Å². The zero-order chi connectivity index (χ0) is 21.4. The molecule has 0 heterocycles. The summed E-state index contributed by atoms with van der Waals surface area (Å²) in [5.74, 6) is -0.0743. The molecule has 29 heavy (non-hydrogen) atoms. The third-order valence-corrected chi connectivity index (χ3v) is 6.91. The molecule has 0 aliphatic heterocycles. The zero-order valence-electron chi connectivity index (χ0n) is 17.5. The van der Waals surface area contributed by atoms with Gasteiger partial charge in [-0.1, -0.05) is 44.2 Å². The van der Waals surface area contributed by atoms with Crippen molar-refractivity contribution in [3.8, 4) is 5.75 Å². The minimum absolute atomic E-state index is 0.00767. The Morgan fingerprint density at radius 2 is 1.76 bits per heavy atom. The predicted octanol–water partition coefficient (Wildman–Crippen LogP) is 3.48. The van der Waals surface area contributed by atoms with Crippen molar-refractivity contribution in [2.24, 2.45) is 0 Å². The summed E-state index contributed by atoms with van der Waals surface area (Å²) in [6.07, 6.45) is 1.64. The number of aryl methyl sites for hydroxylation is 1. The lowest BCUT2D eigenvalue weighted by atomic mass is 10.1. The standard InChI is InChI=1S/C22H30N2O4S/c1-5-24(6-2)29(26,27)21-16-19(14-15-20(21)28-4)22(25)23-17(3)12-13-18-10-8-7-9-11-18/h7-11,14-17H,5-6,12-13H2,1-4H3,(H,23,25)/t17-/m0/s1. The topological polar surface area (TPSA) is 75.7 Å². The molecule has 2 aromatic carbocycles. The molecule has 2 rings (SSSR count). The van der Waals surface area contributed by atoms with Crippen LogP contribution in [-0.2, 0) is 16.4 Å². The Labute approximate surface area is 173 Å². The minimum Gasteiger partial charge on any atom is -0.495 e. The average Bonchev–Trinajstić information content (AvgIpc) is 2.73. The van der Waals surface area contributed by atoms with Crippen molar-refractivity contribution in [1.82, 2.24) is 9.62 Å². The van der Waals surface area contributed by atoms with E-state index in [1.165, 1.54) is 29.1 Å². The summed E-state index contributed by atoms with van der Waals surface area (Å²) in [6.45, 7) is 6.18. The monoisotopic (exact) mass is 418 g/mol. The highest BCUT2D eigenvalue weighted by Crippen LogP contribution is 2.28. The summed E-state index contributed by atoms with van der Waals surface area (Å²) in [6, 6.07) is 14.5. The second-order valence-electron chi connectivity index (χ2n) is 6.85. The number of ether oxygens (including phenoxy) is 1. The van der Waals surface area contributed by atoms with Crippen LogP contribution in [0.2, 0.25) is 0 Å². The molecule has 0 saturated carbocycles. The summed E-state index contributed by atoms with van der Waals surface area (Å²) in [5.41, 5.74) is 1.51. The number of hydrogen-bond donors (Lipinski definition) is 1. The maximum Gasteiger partial charge on any atom is 0.251 e. The van der Waals surface area contributed by atoms with Gasteiger partial charge in [-0.3, -0.25) is 4.79 Å². The van der Waals surface area contributed by atoms with Gasteiger partial charge in [0.05, 0.1) is 7.11 Å². The lowest BCUT2D eigenvalue weighted by Gasteiger charge is -2.21. The lowest BCUT2D eigenvalue weighted by molar-refractivity contribution is 0.0938. The van der Waals surface area contributed by atoms with Crippen molar-refractivity contribution in [1.29, 1.82) is 0 Å². The first-order chi connectivity index (χ1) is 13.8. The summed E-state index contributed by atoms with van der Waals surface area (Å²) in [7, 11) is -2.33. The number of nitrogens with zero attached hydrogens (tertiary/aromatic N) is 1. The van der Waals surface area contributed by atoms with Crippen LogP contribution in [0.25, 0.3) is 0 Å². The number of sulfonamides is 1. The van der Waals surface area contributed by atoms with Crippen LogP contribution in [-0.4, -0.2) is 44.9 Å². The van der Waals surface area contributed by atoms with E-state index in [0.717, 1.165) is 12.8 Å². The van der Waals surface area contributed by atoms with Gasteiger partial charge in [-0.15, -0.1) is 0 Å². The third kappa shape index (κ3) is 5.81. The van der Waals surface area contributed by atoms with Crippen LogP contribution in [0.15, 0.2) is 53.4 Å². The van der Waals surface area contributed by atoms with Gasteiger partial charge in [0, 0.05) is 24.7 Å². The molecule has 0 radical (unpaired) electrons. The molecule has 1 N–H and O–H groups in total. The van der Waals surface area contributed by atoms with E-state index in [2.05, 4.69) is 17.4 Å². The second kappa shape index (κ2) is 10.4. The van der Waals surface area contributed by atoms with E-state index in [9.17, 15) is 13.2 Å². The quantitative estimate of drug-likeness (QED) is 0.641. The van der Waals surface area contributed by atoms with Crippen LogP contribution in [0.1, 0.15) is 43.1 Å². The highest BCUT2D eigenvalue weighted by atomic mass is 32.2. The van der Waals surface area contributed by atoms with Crippen molar-refractivity contribution in [3.05, 3.63) is 59.7 Å². The number of nitrogens with one attached hydrogen (secondary N) is 1. The first-order valence-corrected chi connectivity index (χ1v) is 11.3. The molecule has 6 nitrogen and oxygen atoms in total. The van der Waals surface area contributed by atoms with E-state index in [4.69, 9.17) is 4.74 Å². The maximum atomic E-state index is 12.9. The molecule has 0 bridgehead atoms. The lowest BCUT2D eigenvalue weighted by Crippen LogP contribution is -2.34. The molecular formula is C22H30N2O4S. The Kier molecular flexibility index (Phi) is 8.22. The van der Waals surface area contributed by atoms with Gasteiger partial charge >= 0.3 is 0 Å². The minimum atomic E-state index is -3.75. The van der Waals surface area contributed by atoms with Crippen LogP contribution in [0.3, 0.4) is 0 Å². The Hall–Kier alpha value is -2.38. The molecule has 0 aliphatic rings. The number of amides is 1. The fraction of sp³-hybridized carbons (Fsp3) is 0.409. The molecular weight excluding hydrogens is 388 g/mol. The van der Waals surface area contributed by atoms with Gasteiger partial charge in [-0.25, -0.2) is 8.42 Å². The van der Waals surface area contributed by atoms with E-state index in [1.807, 2.05) is 25.1 Å². The SMILES string of the molecule is CCN(CC)S(=O)(=O)c1cc(C(=O)N[C@@H](C)CCc2ccccc2)ccc1OC. The molecule has 7 heteroatoms. The molecule has 0 unspecified atom stereocenters. The van der Waals surface area contributed by atoms with Gasteiger partial charge in [0.2, 0.25) is 10.0 Å². The van der Waals surface area contributed by atoms with Crippen molar-refractivity contribution < 1.29 is 17.9 Å². The Balaban J connectivity index is 2.16. The van der Waals surface area contributed by atoms with Crippen LogP contribution in [0, 0.1) is 0 Å². The zero-order valence-corrected chi connectivity index (χ0v) is 18.3. The van der Waals surface area contributed by atoms with Crippen LogP contribution < -0.4 is 10.1 Å². The number of carbonyl (C=O) groups excluding carboxylic acids is 1. The predicted molar refractivity (Wildman–Crippen MR) is 115 cm³/mol. The molecule has 0 saturated heterocycles. The summed E-state index contributed by atoms with van der Waals surface area (Å²) in [4.78, 5) is 12.7. The molecule has 2 aromatic rings. The van der Waals surface area contributed by atoms with Gasteiger partial charge < -0.3 is 10.1 Å². The van der Waals surface area contributed by atoms with Crippen molar-refractivity contribution in [2.45, 2.75) is 44.6 Å². The highest BCUT2D eigenvalue weighted by molar-refractivity contribution is 7.89. The first-order valence-electron chi connectivity index (χ1n) is 9.86. The maximum absolute atomic E-state index is 12.9. The normalized spacial score (nSPS) is 12.6. The number of carbonyl (C=O) groups is 1. The first kappa shape index (κ1) is 22.9. The summed E-state index contributed by atoms with van der Waals surface area (Å²) < 4.78 is 32.5. The Morgan fingerprint density at radius 1 is 1.10 bits per heavy atom. The summed E-state index contributed by atoms with van der Waals surface area (Å²) >= 11 is 0. The fourth-order valence-corrected chi connectivity index (χ4v) is 4.77. The van der Waals surface area contributed by atoms with Gasteiger partial charge in [0.1, 0.15) is 10.6 Å². The Morgan fingerprint density at radius 3 is 2.34 bits per heavy atom. The number of benzene rings is 2. The smallest absolute Gasteiger partial charge is 0.251 e. The molecule has 0 fully saturated rings. The largest absolute Gasteiger partial charge is 0.495 e. The van der Waals surface area contributed by atoms with Gasteiger partial charge in [0.15, 0.2) is 0 Å². The van der Waals surface area contributed by atoms with E-state index in [1.54, 1.807) is 19.9 Å². The average molecular weight is 419 g/mol. The van der Waals surface area contributed by atoms with E-state index < -0.39 is 10.0 Å². The summed E-state index contributed by atoms with van der Waals surface area (Å²) in [5, 5.41) is 2.95. The van der Waals surface area contributed by atoms with E-state index in [-0.39, 0.29) is 22.6 Å².